The van der Waals surface area contributed by atoms with Crippen LogP contribution in [0.3, 0.4) is 0 Å². The van der Waals surface area contributed by atoms with Crippen molar-refractivity contribution in [3.05, 3.63) is 66.2 Å². The van der Waals surface area contributed by atoms with Crippen LogP contribution in [-0.4, -0.2) is 38.4 Å². The fraction of sp³-hybridized carbons (Fsp3) is 0.111. The number of ether oxygens (including phenoxy) is 1. The number of rotatable bonds is 4. The van der Waals surface area contributed by atoms with Gasteiger partial charge in [0.15, 0.2) is 12.4 Å². The van der Waals surface area contributed by atoms with Crippen molar-refractivity contribution in [3.63, 3.8) is 0 Å². The molecule has 0 spiro atoms. The summed E-state index contributed by atoms with van der Waals surface area (Å²) in [6.45, 7) is 0.0111. The van der Waals surface area contributed by atoms with Crippen LogP contribution in [0.5, 0.6) is 5.75 Å². The summed E-state index contributed by atoms with van der Waals surface area (Å²) >= 11 is 0. The molecule has 9 nitrogen and oxygen atoms in total. The lowest BCUT2D eigenvalue weighted by Crippen LogP contribution is -2.38. The zero-order chi connectivity index (χ0) is 18.8. The Labute approximate surface area is 153 Å². The van der Waals surface area contributed by atoms with Crippen LogP contribution in [0.2, 0.25) is 0 Å². The lowest BCUT2D eigenvalue weighted by atomic mass is 10.1. The van der Waals surface area contributed by atoms with Crippen molar-refractivity contribution >= 4 is 17.5 Å². The smallest absolute Gasteiger partial charge is 0.274 e. The van der Waals surface area contributed by atoms with Crippen LogP contribution in [0.25, 0.3) is 5.69 Å². The Bertz CT molecular complexity index is 1000. The average molecular weight is 365 g/mol. The molecule has 1 aromatic heterocycles. The summed E-state index contributed by atoms with van der Waals surface area (Å²) in [4.78, 5) is 29.8. The molecule has 0 saturated carbocycles. The Kier molecular flexibility index (Phi) is 4.27. The maximum absolute atomic E-state index is 12.4. The Balaban J connectivity index is 1.64. The summed E-state index contributed by atoms with van der Waals surface area (Å²) in [6.07, 6.45) is 1.58. The van der Waals surface area contributed by atoms with Crippen LogP contribution in [0.15, 0.2) is 54.9 Å². The van der Waals surface area contributed by atoms with E-state index in [0.29, 0.717) is 17.3 Å². The normalized spacial score (nSPS) is 13.1. The number of carbonyl (C=O) groups excluding carboxylic acids is 2. The second kappa shape index (κ2) is 6.89. The minimum absolute atomic E-state index is 0.113. The van der Waals surface area contributed by atoms with E-state index in [9.17, 15) is 9.59 Å². The lowest BCUT2D eigenvalue weighted by molar-refractivity contribution is -0.121. The molecule has 0 bridgehead atoms. The van der Waals surface area contributed by atoms with E-state index in [4.69, 9.17) is 9.94 Å². The van der Waals surface area contributed by atoms with Gasteiger partial charge in [-0.3, -0.25) is 19.7 Å². The van der Waals surface area contributed by atoms with E-state index >= 15 is 0 Å². The maximum atomic E-state index is 12.4. The number of benzene rings is 2. The SMILES string of the molecule is O=C(NO)c1ccc2c(c1)N(Cc1ncn(-c3ccccc3)n1)C(=O)CO2. The summed E-state index contributed by atoms with van der Waals surface area (Å²) in [7, 11) is 0. The summed E-state index contributed by atoms with van der Waals surface area (Å²) in [5, 5.41) is 13.2. The molecule has 1 aliphatic rings. The zero-order valence-corrected chi connectivity index (χ0v) is 14.1. The van der Waals surface area contributed by atoms with Gasteiger partial charge in [-0.25, -0.2) is 15.1 Å². The van der Waals surface area contributed by atoms with Crippen molar-refractivity contribution in [1.29, 1.82) is 0 Å². The number of nitrogens with one attached hydrogen (secondary N) is 1. The van der Waals surface area contributed by atoms with Crippen molar-refractivity contribution < 1.29 is 19.5 Å². The van der Waals surface area contributed by atoms with Gasteiger partial charge in [0, 0.05) is 5.56 Å². The second-order valence-electron chi connectivity index (χ2n) is 5.83. The molecule has 0 atom stereocenters. The molecular formula is C18H15N5O4. The van der Waals surface area contributed by atoms with E-state index < -0.39 is 5.91 Å². The summed E-state index contributed by atoms with van der Waals surface area (Å²) < 4.78 is 7.04. The van der Waals surface area contributed by atoms with Gasteiger partial charge in [-0.05, 0) is 30.3 Å². The molecule has 0 aliphatic carbocycles. The highest BCUT2D eigenvalue weighted by atomic mass is 16.5. The number of carbonyl (C=O) groups is 2. The molecule has 4 rings (SSSR count). The van der Waals surface area contributed by atoms with Crippen LogP contribution < -0.4 is 15.1 Å². The molecule has 2 aromatic carbocycles. The lowest BCUT2D eigenvalue weighted by Gasteiger charge is -2.28. The number of aromatic nitrogens is 3. The van der Waals surface area contributed by atoms with Gasteiger partial charge >= 0.3 is 0 Å². The number of amides is 2. The van der Waals surface area contributed by atoms with Gasteiger partial charge in [0.25, 0.3) is 11.8 Å². The topological polar surface area (TPSA) is 110 Å². The van der Waals surface area contributed by atoms with Gasteiger partial charge in [0.1, 0.15) is 12.1 Å². The highest BCUT2D eigenvalue weighted by Crippen LogP contribution is 2.33. The van der Waals surface area contributed by atoms with Gasteiger partial charge in [-0.2, -0.15) is 0 Å². The molecule has 0 saturated heterocycles. The van der Waals surface area contributed by atoms with Gasteiger partial charge in [-0.1, -0.05) is 18.2 Å². The Hall–Kier alpha value is -3.72. The Morgan fingerprint density at radius 1 is 1.22 bits per heavy atom. The molecule has 136 valence electrons. The van der Waals surface area contributed by atoms with Crippen molar-refractivity contribution in [2.75, 3.05) is 11.5 Å². The summed E-state index contributed by atoms with van der Waals surface area (Å²) in [5.74, 6) is -0.0500. The maximum Gasteiger partial charge on any atom is 0.274 e. The van der Waals surface area contributed by atoms with Crippen LogP contribution in [0, 0.1) is 0 Å². The summed E-state index contributed by atoms with van der Waals surface area (Å²) in [6, 6.07) is 14.0. The molecule has 9 heteroatoms. The van der Waals surface area contributed by atoms with Gasteiger partial charge < -0.3 is 4.74 Å². The highest BCUT2D eigenvalue weighted by molar-refractivity contribution is 6.00. The molecule has 2 amide bonds. The van der Waals surface area contributed by atoms with E-state index in [2.05, 4.69) is 10.1 Å². The zero-order valence-electron chi connectivity index (χ0n) is 14.1. The van der Waals surface area contributed by atoms with E-state index in [1.807, 2.05) is 30.3 Å². The van der Waals surface area contributed by atoms with Crippen LogP contribution in [0.4, 0.5) is 5.69 Å². The Morgan fingerprint density at radius 2 is 2.04 bits per heavy atom. The fourth-order valence-corrected chi connectivity index (χ4v) is 2.80. The quantitative estimate of drug-likeness (QED) is 0.533. The Morgan fingerprint density at radius 3 is 2.81 bits per heavy atom. The minimum Gasteiger partial charge on any atom is -0.482 e. The molecular weight excluding hydrogens is 350 g/mol. The third kappa shape index (κ3) is 3.23. The number of hydroxylamine groups is 1. The predicted molar refractivity (Wildman–Crippen MR) is 93.7 cm³/mol. The number of para-hydroxylation sites is 1. The third-order valence-corrected chi connectivity index (χ3v) is 4.13. The number of anilines is 1. The van der Waals surface area contributed by atoms with Crippen LogP contribution in [-0.2, 0) is 11.3 Å². The van der Waals surface area contributed by atoms with Gasteiger partial charge in [0.2, 0.25) is 0 Å². The number of hydrogen-bond acceptors (Lipinski definition) is 6. The second-order valence-corrected chi connectivity index (χ2v) is 5.83. The largest absolute Gasteiger partial charge is 0.482 e. The number of nitrogens with zero attached hydrogens (tertiary/aromatic N) is 4. The summed E-state index contributed by atoms with van der Waals surface area (Å²) in [5.41, 5.74) is 3.04. The van der Waals surface area contributed by atoms with Crippen molar-refractivity contribution in [3.8, 4) is 11.4 Å². The van der Waals surface area contributed by atoms with E-state index in [1.165, 1.54) is 17.0 Å². The molecule has 0 fully saturated rings. The van der Waals surface area contributed by atoms with E-state index in [1.54, 1.807) is 22.6 Å². The van der Waals surface area contributed by atoms with Crippen LogP contribution in [0.1, 0.15) is 16.2 Å². The molecule has 2 heterocycles. The molecule has 2 N–H and O–H groups in total. The first kappa shape index (κ1) is 16.7. The van der Waals surface area contributed by atoms with Gasteiger partial charge in [0.05, 0.1) is 17.9 Å². The molecule has 3 aromatic rings. The predicted octanol–water partition coefficient (Wildman–Crippen LogP) is 1.31. The first-order valence-electron chi connectivity index (χ1n) is 8.13. The number of fused-ring (bicyclic) bond motifs is 1. The highest BCUT2D eigenvalue weighted by Gasteiger charge is 2.27. The monoisotopic (exact) mass is 365 g/mol. The van der Waals surface area contributed by atoms with E-state index in [-0.39, 0.29) is 24.6 Å². The number of hydrogen-bond donors (Lipinski definition) is 2. The van der Waals surface area contributed by atoms with Crippen molar-refractivity contribution in [2.24, 2.45) is 0 Å². The minimum atomic E-state index is -0.678. The molecule has 0 unspecified atom stereocenters. The van der Waals surface area contributed by atoms with E-state index in [0.717, 1.165) is 5.69 Å². The van der Waals surface area contributed by atoms with Gasteiger partial charge in [-0.15, -0.1) is 5.10 Å². The van der Waals surface area contributed by atoms with Crippen molar-refractivity contribution in [2.45, 2.75) is 6.54 Å². The molecule has 27 heavy (non-hydrogen) atoms. The molecule has 1 aliphatic heterocycles. The van der Waals surface area contributed by atoms with Crippen molar-refractivity contribution in [1.82, 2.24) is 20.2 Å². The first-order chi connectivity index (χ1) is 13.2. The third-order valence-electron chi connectivity index (χ3n) is 4.13. The standard InChI is InChI=1S/C18H15N5O4/c24-17-10-27-15-7-6-12(18(25)21-26)8-14(15)22(17)9-16-19-11-23(20-16)13-4-2-1-3-5-13/h1-8,11,26H,9-10H2,(H,21,25). The van der Waals surface area contributed by atoms with Crippen LogP contribution >= 0.6 is 0 Å². The fourth-order valence-electron chi connectivity index (χ4n) is 2.80. The first-order valence-corrected chi connectivity index (χ1v) is 8.13. The average Bonchev–Trinajstić information content (AvgIpc) is 3.18. The molecule has 0 radical (unpaired) electrons.